The van der Waals surface area contributed by atoms with Crippen molar-refractivity contribution in [2.45, 2.75) is 25.3 Å². The smallest absolute Gasteiger partial charge is 0.354 e. The molecule has 0 spiro atoms. The number of fused-ring (bicyclic) bond motifs is 1. The molecule has 1 aliphatic rings. The summed E-state index contributed by atoms with van der Waals surface area (Å²) in [4.78, 5) is 27.8. The molecule has 0 saturated carbocycles. The first-order valence-electron chi connectivity index (χ1n) is 9.65. The van der Waals surface area contributed by atoms with Crippen molar-refractivity contribution in [3.63, 3.8) is 0 Å². The molecule has 150 valence electrons. The van der Waals surface area contributed by atoms with E-state index in [0.29, 0.717) is 18.0 Å². The quantitative estimate of drug-likeness (QED) is 0.577. The molecule has 7 heteroatoms. The maximum absolute atomic E-state index is 13.2. The summed E-state index contributed by atoms with van der Waals surface area (Å²) in [6.45, 7) is 2.78. The number of anilines is 1. The van der Waals surface area contributed by atoms with Gasteiger partial charge in [0.2, 0.25) is 5.91 Å². The van der Waals surface area contributed by atoms with Crippen LogP contribution in [0.1, 0.15) is 35.3 Å². The van der Waals surface area contributed by atoms with Gasteiger partial charge in [0.15, 0.2) is 0 Å². The van der Waals surface area contributed by atoms with Gasteiger partial charge in [0.1, 0.15) is 11.5 Å². The number of amides is 1. The molecule has 0 bridgehead atoms. The number of aromatic nitrogens is 1. The minimum Gasteiger partial charge on any atom is -0.461 e. The van der Waals surface area contributed by atoms with Gasteiger partial charge in [0.05, 0.1) is 12.6 Å². The lowest BCUT2D eigenvalue weighted by Gasteiger charge is -2.19. The second-order valence-electron chi connectivity index (χ2n) is 7.07. The number of rotatable bonds is 5. The Hall–Kier alpha value is -3.19. The second-order valence-corrected chi connectivity index (χ2v) is 7.07. The lowest BCUT2D eigenvalue weighted by atomic mass is 9.91. The molecule has 0 unspecified atom stereocenters. The zero-order valence-corrected chi connectivity index (χ0v) is 16.0. The highest BCUT2D eigenvalue weighted by Gasteiger charge is 2.33. The molecule has 2 atom stereocenters. The zero-order chi connectivity index (χ0) is 20.4. The fraction of sp³-hybridized carbons (Fsp3) is 0.273. The molecule has 2 heterocycles. The van der Waals surface area contributed by atoms with Crippen molar-refractivity contribution in [1.82, 2.24) is 10.3 Å². The van der Waals surface area contributed by atoms with Crippen LogP contribution in [-0.4, -0.2) is 36.1 Å². The molecule has 6 nitrogen and oxygen atoms in total. The average molecular weight is 395 g/mol. The van der Waals surface area contributed by atoms with Gasteiger partial charge in [-0.2, -0.15) is 0 Å². The van der Waals surface area contributed by atoms with Gasteiger partial charge in [-0.25, -0.2) is 9.18 Å². The zero-order valence-electron chi connectivity index (χ0n) is 16.0. The second kappa shape index (κ2) is 8.05. The molecule has 29 heavy (non-hydrogen) atoms. The van der Waals surface area contributed by atoms with E-state index in [2.05, 4.69) is 15.6 Å². The first kappa shape index (κ1) is 19.1. The van der Waals surface area contributed by atoms with Gasteiger partial charge in [0, 0.05) is 22.5 Å². The van der Waals surface area contributed by atoms with Crippen molar-refractivity contribution in [1.29, 1.82) is 0 Å². The minimum atomic E-state index is -0.411. The van der Waals surface area contributed by atoms with E-state index in [-0.39, 0.29) is 17.6 Å². The fourth-order valence-corrected chi connectivity index (χ4v) is 3.80. The summed E-state index contributed by atoms with van der Waals surface area (Å²) in [7, 11) is 0. The number of carbonyl (C=O) groups is 2. The lowest BCUT2D eigenvalue weighted by Crippen LogP contribution is -2.39. The molecule has 3 aromatic rings. The van der Waals surface area contributed by atoms with E-state index in [4.69, 9.17) is 4.74 Å². The monoisotopic (exact) mass is 395 g/mol. The van der Waals surface area contributed by atoms with Crippen LogP contribution in [0, 0.1) is 5.82 Å². The Morgan fingerprint density at radius 2 is 1.97 bits per heavy atom. The van der Waals surface area contributed by atoms with E-state index >= 15 is 0 Å². The van der Waals surface area contributed by atoms with E-state index < -0.39 is 12.0 Å². The summed E-state index contributed by atoms with van der Waals surface area (Å²) in [6, 6.07) is 13.0. The van der Waals surface area contributed by atoms with Gasteiger partial charge >= 0.3 is 5.97 Å². The number of aromatic amines is 1. The molecule has 1 aliphatic heterocycles. The van der Waals surface area contributed by atoms with Crippen molar-refractivity contribution >= 4 is 28.5 Å². The van der Waals surface area contributed by atoms with Crippen LogP contribution >= 0.6 is 0 Å². The first-order valence-corrected chi connectivity index (χ1v) is 9.65. The summed E-state index contributed by atoms with van der Waals surface area (Å²) in [5.74, 6) is -0.853. The van der Waals surface area contributed by atoms with Crippen LogP contribution in [0.3, 0.4) is 0 Å². The molecular formula is C22H22FN3O3. The van der Waals surface area contributed by atoms with Crippen LogP contribution in [-0.2, 0) is 9.53 Å². The maximum atomic E-state index is 13.2. The molecular weight excluding hydrogens is 373 g/mol. The number of benzene rings is 2. The predicted molar refractivity (Wildman–Crippen MR) is 108 cm³/mol. The van der Waals surface area contributed by atoms with Gasteiger partial charge in [-0.15, -0.1) is 0 Å². The molecule has 2 aromatic carbocycles. The average Bonchev–Trinajstić information content (AvgIpc) is 3.35. The number of halogens is 1. The molecule has 1 saturated heterocycles. The summed E-state index contributed by atoms with van der Waals surface area (Å²) in [5, 5.41) is 6.99. The lowest BCUT2D eigenvalue weighted by molar-refractivity contribution is -0.118. The highest BCUT2D eigenvalue weighted by Crippen LogP contribution is 2.29. The minimum absolute atomic E-state index is 0.0120. The van der Waals surface area contributed by atoms with Crippen molar-refractivity contribution in [2.24, 2.45) is 0 Å². The van der Waals surface area contributed by atoms with Crippen molar-refractivity contribution in [3.05, 3.63) is 65.6 Å². The molecule has 0 aliphatic carbocycles. The molecule has 4 rings (SSSR count). The summed E-state index contributed by atoms with van der Waals surface area (Å²) < 4.78 is 18.2. The largest absolute Gasteiger partial charge is 0.461 e. The van der Waals surface area contributed by atoms with Crippen molar-refractivity contribution in [3.8, 4) is 0 Å². The van der Waals surface area contributed by atoms with Crippen LogP contribution in [0.2, 0.25) is 0 Å². The van der Waals surface area contributed by atoms with E-state index in [1.165, 1.54) is 12.1 Å². The number of H-pyrrole nitrogens is 1. The number of carbonyl (C=O) groups excluding carboxylic acids is 2. The van der Waals surface area contributed by atoms with Gasteiger partial charge in [-0.1, -0.05) is 12.1 Å². The Kier molecular flexibility index (Phi) is 5.31. The highest BCUT2D eigenvalue weighted by molar-refractivity contribution is 5.99. The summed E-state index contributed by atoms with van der Waals surface area (Å²) in [5.41, 5.74) is 2.74. The fourth-order valence-electron chi connectivity index (χ4n) is 3.80. The number of nitrogens with one attached hydrogen (secondary N) is 3. The van der Waals surface area contributed by atoms with Gasteiger partial charge in [-0.05, 0) is 61.9 Å². The van der Waals surface area contributed by atoms with E-state index in [0.717, 1.165) is 29.4 Å². The Balaban J connectivity index is 1.50. The summed E-state index contributed by atoms with van der Waals surface area (Å²) >= 11 is 0. The van der Waals surface area contributed by atoms with Crippen LogP contribution in [0.25, 0.3) is 10.9 Å². The topological polar surface area (TPSA) is 83.2 Å². The van der Waals surface area contributed by atoms with Crippen LogP contribution < -0.4 is 10.6 Å². The molecule has 1 aromatic heterocycles. The third kappa shape index (κ3) is 4.00. The Labute approximate surface area is 167 Å². The number of hydrogen-bond donors (Lipinski definition) is 3. The van der Waals surface area contributed by atoms with Gasteiger partial charge < -0.3 is 20.4 Å². The van der Waals surface area contributed by atoms with Crippen molar-refractivity contribution in [2.75, 3.05) is 18.5 Å². The molecule has 1 fully saturated rings. The van der Waals surface area contributed by atoms with Crippen LogP contribution in [0.4, 0.5) is 10.1 Å². The predicted octanol–water partition coefficient (Wildman–Crippen LogP) is 3.57. The highest BCUT2D eigenvalue weighted by atomic mass is 19.1. The maximum Gasteiger partial charge on any atom is 0.354 e. The van der Waals surface area contributed by atoms with Crippen molar-refractivity contribution < 1.29 is 18.7 Å². The Morgan fingerprint density at radius 3 is 2.72 bits per heavy atom. The Morgan fingerprint density at radius 1 is 1.17 bits per heavy atom. The van der Waals surface area contributed by atoms with E-state index in [1.54, 1.807) is 31.2 Å². The standard InChI is InChI=1S/C22H22FN3O3/c1-2-29-22(28)19-12-14-11-16(7-8-18(14)26-19)25-21(27)20-17(9-10-24-20)13-3-5-15(23)6-4-13/h3-8,11-12,17,20,24,26H,2,9-10H2,1H3,(H,25,27)/t17-,20+/m1/s1. The number of esters is 1. The van der Waals surface area contributed by atoms with E-state index in [1.807, 2.05) is 12.1 Å². The first-order chi connectivity index (χ1) is 14.0. The third-order valence-electron chi connectivity index (χ3n) is 5.19. The molecule has 1 amide bonds. The van der Waals surface area contributed by atoms with Gasteiger partial charge in [0.25, 0.3) is 0 Å². The van der Waals surface area contributed by atoms with E-state index in [9.17, 15) is 14.0 Å². The van der Waals surface area contributed by atoms with Crippen LogP contribution in [0.5, 0.6) is 0 Å². The molecule has 3 N–H and O–H groups in total. The Bertz CT molecular complexity index is 1050. The number of ether oxygens (including phenoxy) is 1. The van der Waals surface area contributed by atoms with Crippen LogP contribution in [0.15, 0.2) is 48.5 Å². The molecule has 0 radical (unpaired) electrons. The number of hydrogen-bond acceptors (Lipinski definition) is 4. The third-order valence-corrected chi connectivity index (χ3v) is 5.19. The SMILES string of the molecule is CCOC(=O)c1cc2cc(NC(=O)[C@H]3NCC[C@@H]3c3ccc(F)cc3)ccc2[nH]1. The van der Waals surface area contributed by atoms with Gasteiger partial charge in [-0.3, -0.25) is 4.79 Å². The summed E-state index contributed by atoms with van der Waals surface area (Å²) in [6.07, 6.45) is 0.809. The normalized spacial score (nSPS) is 18.7.